The minimum atomic E-state index is -1.21. The highest BCUT2D eigenvalue weighted by atomic mass is 19.1. The Morgan fingerprint density at radius 3 is 2.47 bits per heavy atom. The minimum Gasteiger partial charge on any atom is -0.478 e. The van der Waals surface area contributed by atoms with Crippen LogP contribution in [-0.2, 0) is 9.53 Å². The molecule has 0 spiro atoms. The number of benzene rings is 2. The fourth-order valence-electron chi connectivity index (χ4n) is 3.48. The number of amides is 1. The summed E-state index contributed by atoms with van der Waals surface area (Å²) in [6.07, 6.45) is 1.24. The second kappa shape index (κ2) is 9.39. The van der Waals surface area contributed by atoms with Crippen molar-refractivity contribution >= 4 is 29.2 Å². The fourth-order valence-corrected chi connectivity index (χ4v) is 3.48. The number of rotatable bonds is 6. The summed E-state index contributed by atoms with van der Waals surface area (Å²) in [6.45, 7) is 3.29. The number of carboxylic acid groups (broad SMARTS) is 1. The number of esters is 1. The van der Waals surface area contributed by atoms with Crippen molar-refractivity contribution in [1.29, 1.82) is 0 Å². The molecule has 0 unspecified atom stereocenters. The highest BCUT2D eigenvalue weighted by molar-refractivity contribution is 6.08. The molecule has 2 N–H and O–H groups in total. The number of carboxylic acids is 1. The summed E-state index contributed by atoms with van der Waals surface area (Å²) in [6, 6.07) is 10.2. The molecule has 2 aromatic carbocycles. The predicted octanol–water partition coefficient (Wildman–Crippen LogP) is 3.56. The van der Waals surface area contributed by atoms with Gasteiger partial charge in [0, 0.05) is 18.8 Å². The van der Waals surface area contributed by atoms with Crippen molar-refractivity contribution in [2.45, 2.75) is 19.8 Å². The van der Waals surface area contributed by atoms with Gasteiger partial charge in [-0.25, -0.2) is 9.18 Å². The van der Waals surface area contributed by atoms with Crippen LogP contribution in [0, 0.1) is 11.7 Å². The lowest BCUT2D eigenvalue weighted by atomic mass is 9.96. The summed E-state index contributed by atoms with van der Waals surface area (Å²) in [7, 11) is 0. The summed E-state index contributed by atoms with van der Waals surface area (Å²) >= 11 is 0. The molecule has 158 valence electrons. The molecule has 0 radical (unpaired) electrons. The van der Waals surface area contributed by atoms with E-state index in [4.69, 9.17) is 4.74 Å². The normalized spacial score (nSPS) is 14.3. The maximum atomic E-state index is 13.8. The number of piperidine rings is 1. The number of halogens is 1. The third kappa shape index (κ3) is 4.76. The smallest absolute Gasteiger partial charge is 0.337 e. The number of ether oxygens (including phenoxy) is 1. The molecular formula is C22H23FN2O5. The molecule has 3 rings (SSSR count). The Morgan fingerprint density at radius 2 is 1.83 bits per heavy atom. The van der Waals surface area contributed by atoms with Gasteiger partial charge in [-0.2, -0.15) is 0 Å². The Bertz CT molecular complexity index is 954. The molecular weight excluding hydrogens is 391 g/mol. The van der Waals surface area contributed by atoms with Crippen LogP contribution in [0.4, 0.5) is 15.8 Å². The first-order valence-electron chi connectivity index (χ1n) is 9.75. The SMILES string of the molecule is CCOC(=O)C1CCN(c2ccc(NC(=O)c3ccccc3F)c(C(=O)O)c2)CC1. The Kier molecular flexibility index (Phi) is 6.66. The number of hydrogen-bond donors (Lipinski definition) is 2. The molecule has 1 aliphatic rings. The first-order chi connectivity index (χ1) is 14.4. The lowest BCUT2D eigenvalue weighted by molar-refractivity contribution is -0.148. The van der Waals surface area contributed by atoms with E-state index in [1.54, 1.807) is 13.0 Å². The molecule has 1 aliphatic heterocycles. The number of anilines is 2. The van der Waals surface area contributed by atoms with E-state index in [1.165, 1.54) is 30.3 Å². The van der Waals surface area contributed by atoms with Crippen molar-refractivity contribution in [3.8, 4) is 0 Å². The molecule has 0 saturated carbocycles. The Hall–Kier alpha value is -3.42. The maximum Gasteiger partial charge on any atom is 0.337 e. The molecule has 0 atom stereocenters. The molecule has 0 aromatic heterocycles. The summed E-state index contributed by atoms with van der Waals surface area (Å²) in [5.41, 5.74) is 0.503. The van der Waals surface area contributed by atoms with Crippen molar-refractivity contribution in [3.05, 3.63) is 59.4 Å². The van der Waals surface area contributed by atoms with E-state index in [-0.39, 0.29) is 28.7 Å². The Morgan fingerprint density at radius 1 is 1.13 bits per heavy atom. The van der Waals surface area contributed by atoms with Gasteiger partial charge >= 0.3 is 11.9 Å². The summed E-state index contributed by atoms with van der Waals surface area (Å²) in [4.78, 5) is 38.0. The molecule has 8 heteroatoms. The van der Waals surface area contributed by atoms with Gasteiger partial charge in [0.1, 0.15) is 5.82 Å². The molecule has 1 amide bonds. The summed E-state index contributed by atoms with van der Waals surface area (Å²) in [5, 5.41) is 12.1. The minimum absolute atomic E-state index is 0.0842. The summed E-state index contributed by atoms with van der Waals surface area (Å²) in [5.74, 6) is -2.97. The first kappa shape index (κ1) is 21.3. The topological polar surface area (TPSA) is 95.9 Å². The number of aromatic carboxylic acids is 1. The van der Waals surface area contributed by atoms with Gasteiger partial charge < -0.3 is 20.1 Å². The number of nitrogens with zero attached hydrogens (tertiary/aromatic N) is 1. The van der Waals surface area contributed by atoms with Crippen molar-refractivity contribution in [1.82, 2.24) is 0 Å². The van der Waals surface area contributed by atoms with Gasteiger partial charge in [-0.05, 0) is 50.1 Å². The van der Waals surface area contributed by atoms with Crippen LogP contribution in [-0.4, -0.2) is 42.6 Å². The van der Waals surface area contributed by atoms with E-state index in [0.717, 1.165) is 6.07 Å². The molecule has 30 heavy (non-hydrogen) atoms. The van der Waals surface area contributed by atoms with E-state index in [0.29, 0.717) is 38.2 Å². The van der Waals surface area contributed by atoms with Gasteiger partial charge in [0.05, 0.1) is 29.3 Å². The van der Waals surface area contributed by atoms with Crippen LogP contribution < -0.4 is 10.2 Å². The second-order valence-electron chi connectivity index (χ2n) is 6.98. The standard InChI is InChI=1S/C22H23FN2O5/c1-2-30-22(29)14-9-11-25(12-10-14)15-7-8-19(17(13-15)21(27)28)24-20(26)16-5-3-4-6-18(16)23/h3-8,13-14H,2,9-12H2,1H3,(H,24,26)(H,27,28). The predicted molar refractivity (Wildman–Crippen MR) is 109 cm³/mol. The average molecular weight is 414 g/mol. The van der Waals surface area contributed by atoms with Crippen LogP contribution in [0.2, 0.25) is 0 Å². The quantitative estimate of drug-likeness (QED) is 0.702. The Labute approximate surface area is 173 Å². The number of hydrogen-bond acceptors (Lipinski definition) is 5. The number of nitrogens with one attached hydrogen (secondary N) is 1. The Balaban J connectivity index is 1.75. The lowest BCUT2D eigenvalue weighted by Crippen LogP contribution is -2.37. The van der Waals surface area contributed by atoms with E-state index >= 15 is 0 Å². The van der Waals surface area contributed by atoms with Crippen LogP contribution in [0.5, 0.6) is 0 Å². The van der Waals surface area contributed by atoms with E-state index in [1.807, 2.05) is 4.90 Å². The van der Waals surface area contributed by atoms with Gasteiger partial charge in [0.2, 0.25) is 0 Å². The lowest BCUT2D eigenvalue weighted by Gasteiger charge is -2.32. The zero-order valence-electron chi connectivity index (χ0n) is 16.6. The number of carbonyl (C=O) groups is 3. The van der Waals surface area contributed by atoms with Crippen molar-refractivity contribution in [3.63, 3.8) is 0 Å². The molecule has 0 aliphatic carbocycles. The van der Waals surface area contributed by atoms with Gasteiger partial charge in [0.15, 0.2) is 0 Å². The fraction of sp³-hybridized carbons (Fsp3) is 0.318. The van der Waals surface area contributed by atoms with Gasteiger partial charge in [-0.1, -0.05) is 12.1 Å². The zero-order valence-corrected chi connectivity index (χ0v) is 16.6. The molecule has 0 bridgehead atoms. The third-order valence-electron chi connectivity index (χ3n) is 5.08. The average Bonchev–Trinajstić information content (AvgIpc) is 2.74. The monoisotopic (exact) mass is 414 g/mol. The van der Waals surface area contributed by atoms with Crippen molar-refractivity contribution in [2.75, 3.05) is 29.9 Å². The summed E-state index contributed by atoms with van der Waals surface area (Å²) < 4.78 is 18.9. The second-order valence-corrected chi connectivity index (χ2v) is 6.98. The van der Waals surface area contributed by atoms with Crippen LogP contribution in [0.1, 0.15) is 40.5 Å². The first-order valence-corrected chi connectivity index (χ1v) is 9.75. The van der Waals surface area contributed by atoms with Crippen molar-refractivity contribution in [2.24, 2.45) is 5.92 Å². The molecule has 1 fully saturated rings. The maximum absolute atomic E-state index is 13.8. The largest absolute Gasteiger partial charge is 0.478 e. The van der Waals surface area contributed by atoms with Gasteiger partial charge in [-0.3, -0.25) is 9.59 Å². The molecule has 7 nitrogen and oxygen atoms in total. The molecule has 1 saturated heterocycles. The van der Waals surface area contributed by atoms with E-state index in [9.17, 15) is 23.9 Å². The van der Waals surface area contributed by atoms with Gasteiger partial charge in [0.25, 0.3) is 5.91 Å². The highest BCUT2D eigenvalue weighted by Crippen LogP contribution is 2.28. The van der Waals surface area contributed by atoms with Gasteiger partial charge in [-0.15, -0.1) is 0 Å². The molecule has 1 heterocycles. The van der Waals surface area contributed by atoms with Crippen LogP contribution in [0.25, 0.3) is 0 Å². The number of carbonyl (C=O) groups excluding carboxylic acids is 2. The van der Waals surface area contributed by atoms with E-state index < -0.39 is 17.7 Å². The third-order valence-corrected chi connectivity index (χ3v) is 5.08. The van der Waals surface area contributed by atoms with E-state index in [2.05, 4.69) is 5.32 Å². The zero-order chi connectivity index (χ0) is 21.7. The van der Waals surface area contributed by atoms with Crippen molar-refractivity contribution < 1.29 is 28.6 Å². The van der Waals surface area contributed by atoms with Crippen LogP contribution in [0.15, 0.2) is 42.5 Å². The van der Waals surface area contributed by atoms with Crippen LogP contribution in [0.3, 0.4) is 0 Å². The van der Waals surface area contributed by atoms with Crippen LogP contribution >= 0.6 is 0 Å². The molecule has 2 aromatic rings. The highest BCUT2D eigenvalue weighted by Gasteiger charge is 2.27.